The van der Waals surface area contributed by atoms with Crippen LogP contribution in [0.4, 0.5) is 0 Å². The Kier molecular flexibility index (Phi) is 4.96. The summed E-state index contributed by atoms with van der Waals surface area (Å²) >= 11 is 0. The van der Waals surface area contributed by atoms with Gasteiger partial charge in [-0.15, -0.1) is 0 Å². The van der Waals surface area contributed by atoms with Crippen LogP contribution in [-0.4, -0.2) is 15.0 Å². The minimum Gasteiger partial charge on any atom is -0.326 e. The Morgan fingerprint density at radius 3 is 2.32 bits per heavy atom. The molecular formula is C14H22N2O2S. The van der Waals surface area contributed by atoms with Crippen molar-refractivity contribution in [2.75, 3.05) is 6.54 Å². The van der Waals surface area contributed by atoms with Gasteiger partial charge < -0.3 is 5.73 Å². The van der Waals surface area contributed by atoms with E-state index in [9.17, 15) is 8.42 Å². The van der Waals surface area contributed by atoms with Crippen molar-refractivity contribution in [1.29, 1.82) is 0 Å². The molecule has 0 aliphatic heterocycles. The highest BCUT2D eigenvalue weighted by atomic mass is 32.2. The molecule has 0 bridgehead atoms. The maximum atomic E-state index is 11.9. The fraction of sp³-hybridized carbons (Fsp3) is 0.571. The van der Waals surface area contributed by atoms with E-state index in [4.69, 9.17) is 5.73 Å². The first-order valence-corrected chi connectivity index (χ1v) is 8.49. The van der Waals surface area contributed by atoms with Gasteiger partial charge in [0.25, 0.3) is 0 Å². The minimum atomic E-state index is -3.22. The first-order valence-electron chi connectivity index (χ1n) is 6.84. The Morgan fingerprint density at radius 2 is 1.79 bits per heavy atom. The predicted molar refractivity (Wildman–Crippen MR) is 76.9 cm³/mol. The molecule has 0 radical (unpaired) electrons. The highest BCUT2D eigenvalue weighted by Gasteiger charge is 2.18. The van der Waals surface area contributed by atoms with Crippen LogP contribution in [0.25, 0.3) is 0 Å². The molecule has 0 spiro atoms. The summed E-state index contributed by atoms with van der Waals surface area (Å²) in [5.74, 6) is 0.772. The zero-order valence-corrected chi connectivity index (χ0v) is 12.0. The van der Waals surface area contributed by atoms with Crippen molar-refractivity contribution in [2.24, 2.45) is 11.7 Å². The molecular weight excluding hydrogens is 260 g/mol. The van der Waals surface area contributed by atoms with E-state index in [1.54, 1.807) is 0 Å². The molecule has 0 saturated heterocycles. The Balaban J connectivity index is 1.81. The van der Waals surface area contributed by atoms with Crippen molar-refractivity contribution >= 4 is 10.0 Å². The summed E-state index contributed by atoms with van der Waals surface area (Å²) in [5, 5.41) is 0. The van der Waals surface area contributed by atoms with Crippen LogP contribution in [0.15, 0.2) is 24.3 Å². The van der Waals surface area contributed by atoms with E-state index in [0.29, 0.717) is 13.1 Å². The lowest BCUT2D eigenvalue weighted by atomic mass is 9.83. The molecule has 1 aliphatic rings. The Labute approximate surface area is 115 Å². The van der Waals surface area contributed by atoms with Gasteiger partial charge in [0, 0.05) is 13.1 Å². The topological polar surface area (TPSA) is 72.2 Å². The molecule has 1 aliphatic carbocycles. The van der Waals surface area contributed by atoms with Crippen LogP contribution in [0.3, 0.4) is 0 Å². The summed E-state index contributed by atoms with van der Waals surface area (Å²) in [6.07, 6.45) is 4.76. The predicted octanol–water partition coefficient (Wildman–Crippen LogP) is 1.75. The van der Waals surface area contributed by atoms with E-state index in [1.807, 2.05) is 24.3 Å². The summed E-state index contributed by atoms with van der Waals surface area (Å²) in [4.78, 5) is 0. The highest BCUT2D eigenvalue weighted by Crippen LogP contribution is 2.28. The van der Waals surface area contributed by atoms with Crippen molar-refractivity contribution in [1.82, 2.24) is 4.72 Å². The summed E-state index contributed by atoms with van der Waals surface area (Å²) in [7, 11) is -3.22. The summed E-state index contributed by atoms with van der Waals surface area (Å²) in [6, 6.07) is 7.40. The van der Waals surface area contributed by atoms with Crippen LogP contribution in [0.5, 0.6) is 0 Å². The van der Waals surface area contributed by atoms with Gasteiger partial charge in [-0.05, 0) is 23.5 Å². The van der Waals surface area contributed by atoms with Gasteiger partial charge in [-0.2, -0.15) is 0 Å². The van der Waals surface area contributed by atoms with Gasteiger partial charge in [0.05, 0.1) is 5.75 Å². The number of nitrogens with two attached hydrogens (primary N) is 1. The van der Waals surface area contributed by atoms with Crippen LogP contribution in [0.1, 0.15) is 36.8 Å². The van der Waals surface area contributed by atoms with E-state index in [1.165, 1.54) is 19.3 Å². The molecule has 0 amide bonds. The van der Waals surface area contributed by atoms with Gasteiger partial charge in [-0.1, -0.05) is 43.5 Å². The van der Waals surface area contributed by atoms with E-state index in [-0.39, 0.29) is 5.75 Å². The SMILES string of the molecule is NCc1ccc(CS(=O)(=O)NCCC2CCC2)cc1. The molecule has 0 heterocycles. The number of rotatable bonds is 7. The van der Waals surface area contributed by atoms with E-state index >= 15 is 0 Å². The summed E-state index contributed by atoms with van der Waals surface area (Å²) < 4.78 is 26.5. The second-order valence-corrected chi connectivity index (χ2v) is 7.07. The molecule has 3 N–H and O–H groups in total. The number of nitrogens with one attached hydrogen (secondary N) is 1. The number of hydrogen-bond acceptors (Lipinski definition) is 3. The Bertz CT molecular complexity index is 493. The van der Waals surface area contributed by atoms with E-state index in [2.05, 4.69) is 4.72 Å². The molecule has 0 atom stereocenters. The van der Waals surface area contributed by atoms with Crippen LogP contribution >= 0.6 is 0 Å². The molecule has 19 heavy (non-hydrogen) atoms. The van der Waals surface area contributed by atoms with Crippen molar-refractivity contribution in [3.63, 3.8) is 0 Å². The van der Waals surface area contributed by atoms with E-state index in [0.717, 1.165) is 23.5 Å². The zero-order valence-electron chi connectivity index (χ0n) is 11.1. The van der Waals surface area contributed by atoms with Crippen molar-refractivity contribution in [2.45, 2.75) is 38.0 Å². The first kappa shape index (κ1) is 14.5. The average molecular weight is 282 g/mol. The first-order chi connectivity index (χ1) is 9.09. The summed E-state index contributed by atoms with van der Waals surface area (Å²) in [5.41, 5.74) is 7.32. The third kappa shape index (κ3) is 4.60. The van der Waals surface area contributed by atoms with Gasteiger partial charge in [-0.25, -0.2) is 13.1 Å². The Hall–Kier alpha value is -0.910. The molecule has 1 aromatic rings. The fourth-order valence-electron chi connectivity index (χ4n) is 2.24. The fourth-order valence-corrected chi connectivity index (χ4v) is 3.40. The molecule has 4 nitrogen and oxygen atoms in total. The molecule has 1 fully saturated rings. The molecule has 1 aromatic carbocycles. The molecule has 1 saturated carbocycles. The molecule has 5 heteroatoms. The largest absolute Gasteiger partial charge is 0.326 e. The number of hydrogen-bond donors (Lipinski definition) is 2. The smallest absolute Gasteiger partial charge is 0.215 e. The van der Waals surface area contributed by atoms with Gasteiger partial charge in [0.1, 0.15) is 0 Å². The van der Waals surface area contributed by atoms with Gasteiger partial charge in [-0.3, -0.25) is 0 Å². The number of sulfonamides is 1. The van der Waals surface area contributed by atoms with Crippen LogP contribution in [0.2, 0.25) is 0 Å². The third-order valence-electron chi connectivity index (χ3n) is 3.71. The lowest BCUT2D eigenvalue weighted by molar-refractivity contribution is 0.297. The van der Waals surface area contributed by atoms with E-state index < -0.39 is 10.0 Å². The Morgan fingerprint density at radius 1 is 1.16 bits per heavy atom. The third-order valence-corrected chi connectivity index (χ3v) is 5.07. The zero-order chi connectivity index (χ0) is 13.7. The highest BCUT2D eigenvalue weighted by molar-refractivity contribution is 7.88. The monoisotopic (exact) mass is 282 g/mol. The van der Waals surface area contributed by atoms with Crippen molar-refractivity contribution in [3.05, 3.63) is 35.4 Å². The average Bonchev–Trinajstić information content (AvgIpc) is 2.33. The van der Waals surface area contributed by atoms with Gasteiger partial charge >= 0.3 is 0 Å². The molecule has 0 aromatic heterocycles. The second kappa shape index (κ2) is 6.50. The van der Waals surface area contributed by atoms with Gasteiger partial charge in [0.2, 0.25) is 10.0 Å². The lowest BCUT2D eigenvalue weighted by Crippen LogP contribution is -2.28. The maximum Gasteiger partial charge on any atom is 0.215 e. The molecule has 2 rings (SSSR count). The number of benzene rings is 1. The van der Waals surface area contributed by atoms with Crippen molar-refractivity contribution < 1.29 is 8.42 Å². The maximum absolute atomic E-state index is 11.9. The standard InChI is InChI=1S/C14H22N2O2S/c15-10-13-4-6-14(7-5-13)11-19(17,18)16-9-8-12-2-1-3-12/h4-7,12,16H,1-3,8-11,15H2. The minimum absolute atomic E-state index is 0.0442. The van der Waals surface area contributed by atoms with Crippen LogP contribution in [0, 0.1) is 5.92 Å². The van der Waals surface area contributed by atoms with Crippen molar-refractivity contribution in [3.8, 4) is 0 Å². The van der Waals surface area contributed by atoms with Crippen LogP contribution in [-0.2, 0) is 22.3 Å². The van der Waals surface area contributed by atoms with Gasteiger partial charge in [0.15, 0.2) is 0 Å². The normalized spacial score (nSPS) is 16.3. The lowest BCUT2D eigenvalue weighted by Gasteiger charge is -2.25. The molecule has 106 valence electrons. The quantitative estimate of drug-likeness (QED) is 0.800. The van der Waals surface area contributed by atoms with Crippen LogP contribution < -0.4 is 10.5 Å². The summed E-state index contributed by atoms with van der Waals surface area (Å²) in [6.45, 7) is 1.04. The molecule has 0 unspecified atom stereocenters. The second-order valence-electron chi connectivity index (χ2n) is 5.26.